The summed E-state index contributed by atoms with van der Waals surface area (Å²) in [6.45, 7) is 6.27. The summed E-state index contributed by atoms with van der Waals surface area (Å²) in [5, 5.41) is 0. The van der Waals surface area contributed by atoms with Crippen molar-refractivity contribution >= 4 is 31.6 Å². The summed E-state index contributed by atoms with van der Waals surface area (Å²) in [5.41, 5.74) is 5.96. The van der Waals surface area contributed by atoms with E-state index in [1.54, 1.807) is 6.07 Å². The molecule has 0 unspecified atom stereocenters. The lowest BCUT2D eigenvalue weighted by Gasteiger charge is -2.18. The van der Waals surface area contributed by atoms with Crippen LogP contribution in [0.1, 0.15) is 20.8 Å². The fraction of sp³-hybridized carbons (Fsp3) is 0.455. The largest absolute Gasteiger partial charge is 0.398 e. The molecule has 0 saturated carbocycles. The highest BCUT2D eigenvalue weighted by Crippen LogP contribution is 2.23. The van der Waals surface area contributed by atoms with Crippen molar-refractivity contribution in [2.45, 2.75) is 25.7 Å². The molecule has 0 aliphatic heterocycles. The van der Waals surface area contributed by atoms with Crippen molar-refractivity contribution in [3.63, 3.8) is 0 Å². The second-order valence-corrected chi connectivity index (χ2v) is 7.69. The van der Waals surface area contributed by atoms with Gasteiger partial charge in [-0.1, -0.05) is 20.8 Å². The molecule has 1 rings (SSSR count). The van der Waals surface area contributed by atoms with Crippen LogP contribution < -0.4 is 10.5 Å². The number of anilines is 1. The third-order valence-electron chi connectivity index (χ3n) is 2.07. The van der Waals surface area contributed by atoms with Gasteiger partial charge >= 0.3 is 0 Å². The Morgan fingerprint density at radius 2 is 1.94 bits per heavy atom. The number of nitrogen functional groups attached to an aromatic ring is 1. The van der Waals surface area contributed by atoms with E-state index in [0.29, 0.717) is 16.7 Å². The molecular formula is C11H17BrN2O2S. The molecule has 0 bridgehead atoms. The molecule has 0 radical (unpaired) electrons. The topological polar surface area (TPSA) is 72.2 Å². The third-order valence-corrected chi connectivity index (χ3v) is 4.19. The van der Waals surface area contributed by atoms with Gasteiger partial charge in [-0.15, -0.1) is 0 Å². The molecule has 3 N–H and O–H groups in total. The Balaban J connectivity index is 2.94. The fourth-order valence-corrected chi connectivity index (χ4v) is 2.65. The Morgan fingerprint density at radius 3 is 2.41 bits per heavy atom. The van der Waals surface area contributed by atoms with Crippen molar-refractivity contribution < 1.29 is 8.42 Å². The van der Waals surface area contributed by atoms with Crippen LogP contribution in [0.25, 0.3) is 0 Å². The lowest BCUT2D eigenvalue weighted by atomic mass is 9.98. The summed E-state index contributed by atoms with van der Waals surface area (Å²) in [7, 11) is -3.48. The predicted octanol–water partition coefficient (Wildman–Crippen LogP) is 2.36. The third kappa shape index (κ3) is 4.29. The molecule has 0 amide bonds. The van der Waals surface area contributed by atoms with Gasteiger partial charge in [0.15, 0.2) is 0 Å². The van der Waals surface area contributed by atoms with Crippen LogP contribution in [0.3, 0.4) is 0 Å². The van der Waals surface area contributed by atoms with Gasteiger partial charge in [-0.2, -0.15) is 0 Å². The Bertz CT molecular complexity index is 507. The first kappa shape index (κ1) is 14.5. The lowest BCUT2D eigenvalue weighted by Crippen LogP contribution is -2.32. The molecule has 4 nitrogen and oxygen atoms in total. The minimum atomic E-state index is -3.48. The molecule has 1 aromatic carbocycles. The van der Waals surface area contributed by atoms with Gasteiger partial charge in [-0.05, 0) is 39.5 Å². The van der Waals surface area contributed by atoms with Crippen molar-refractivity contribution in [1.29, 1.82) is 0 Å². The van der Waals surface area contributed by atoms with Gasteiger partial charge in [0.05, 0.1) is 4.90 Å². The van der Waals surface area contributed by atoms with Crippen LogP contribution in [-0.4, -0.2) is 15.0 Å². The smallest absolute Gasteiger partial charge is 0.240 e. The number of nitrogens with one attached hydrogen (secondary N) is 1. The molecular weight excluding hydrogens is 304 g/mol. The van der Waals surface area contributed by atoms with E-state index in [9.17, 15) is 8.42 Å². The van der Waals surface area contributed by atoms with Gasteiger partial charge in [-0.25, -0.2) is 13.1 Å². The van der Waals surface area contributed by atoms with Gasteiger partial charge in [-0.3, -0.25) is 0 Å². The van der Waals surface area contributed by atoms with Gasteiger partial charge in [0.1, 0.15) is 0 Å². The number of sulfonamides is 1. The van der Waals surface area contributed by atoms with Gasteiger partial charge in [0.25, 0.3) is 0 Å². The first-order valence-corrected chi connectivity index (χ1v) is 7.44. The van der Waals surface area contributed by atoms with Crippen LogP contribution in [-0.2, 0) is 10.0 Å². The summed E-state index contributed by atoms with van der Waals surface area (Å²) in [5.74, 6) is 0. The second-order valence-electron chi connectivity index (χ2n) is 5.07. The lowest BCUT2D eigenvalue weighted by molar-refractivity contribution is 0.407. The van der Waals surface area contributed by atoms with E-state index < -0.39 is 10.0 Å². The zero-order valence-electron chi connectivity index (χ0n) is 10.1. The summed E-state index contributed by atoms with van der Waals surface area (Å²) in [6, 6.07) is 4.58. The maximum atomic E-state index is 12.0. The van der Waals surface area contributed by atoms with E-state index in [4.69, 9.17) is 5.73 Å². The number of hydrogen-bond acceptors (Lipinski definition) is 3. The Kier molecular flexibility index (Phi) is 4.22. The highest BCUT2D eigenvalue weighted by molar-refractivity contribution is 9.10. The summed E-state index contributed by atoms with van der Waals surface area (Å²) < 4.78 is 27.2. The van der Waals surface area contributed by atoms with Crippen LogP contribution in [0.2, 0.25) is 0 Å². The molecule has 0 atom stereocenters. The van der Waals surface area contributed by atoms with E-state index >= 15 is 0 Å². The Hall–Kier alpha value is -0.590. The van der Waals surface area contributed by atoms with Crippen molar-refractivity contribution in [2.75, 3.05) is 12.3 Å². The van der Waals surface area contributed by atoms with E-state index in [-0.39, 0.29) is 10.3 Å². The number of halogens is 1. The van der Waals surface area contributed by atoms with E-state index in [2.05, 4.69) is 20.7 Å². The molecule has 0 aliphatic rings. The van der Waals surface area contributed by atoms with Crippen LogP contribution in [0.5, 0.6) is 0 Å². The second kappa shape index (κ2) is 4.96. The minimum absolute atomic E-state index is 0.103. The van der Waals surface area contributed by atoms with Crippen LogP contribution >= 0.6 is 15.9 Å². The zero-order valence-corrected chi connectivity index (χ0v) is 12.5. The normalized spacial score (nSPS) is 12.7. The predicted molar refractivity (Wildman–Crippen MR) is 73.2 cm³/mol. The molecule has 1 aromatic rings. The molecule has 0 fully saturated rings. The Labute approximate surface area is 111 Å². The number of nitrogens with two attached hydrogens (primary N) is 1. The molecule has 96 valence electrons. The summed E-state index contributed by atoms with van der Waals surface area (Å²) >= 11 is 3.23. The average molecular weight is 321 g/mol. The Morgan fingerprint density at radius 1 is 1.35 bits per heavy atom. The number of benzene rings is 1. The standard InChI is InChI=1S/C11H17BrN2O2S/c1-11(2,3)7-14-17(15,16)8-4-5-9(12)10(13)6-8/h4-6,14H,7,13H2,1-3H3. The number of rotatable bonds is 3. The van der Waals surface area contributed by atoms with Crippen molar-refractivity contribution in [1.82, 2.24) is 4.72 Å². The first-order chi connectivity index (χ1) is 7.62. The van der Waals surface area contributed by atoms with Crippen LogP contribution in [0.4, 0.5) is 5.69 Å². The molecule has 17 heavy (non-hydrogen) atoms. The molecule has 0 heterocycles. The monoisotopic (exact) mass is 320 g/mol. The average Bonchev–Trinajstić information content (AvgIpc) is 2.18. The maximum Gasteiger partial charge on any atom is 0.240 e. The van der Waals surface area contributed by atoms with E-state index in [0.717, 1.165) is 0 Å². The molecule has 0 saturated heterocycles. The summed E-state index contributed by atoms with van der Waals surface area (Å²) in [4.78, 5) is 0.183. The molecule has 0 spiro atoms. The highest BCUT2D eigenvalue weighted by Gasteiger charge is 2.18. The molecule has 0 aliphatic carbocycles. The van der Waals surface area contributed by atoms with Crippen LogP contribution in [0, 0.1) is 5.41 Å². The quantitative estimate of drug-likeness (QED) is 0.840. The fourth-order valence-electron chi connectivity index (χ4n) is 1.08. The zero-order chi connectivity index (χ0) is 13.3. The SMILES string of the molecule is CC(C)(C)CNS(=O)(=O)c1ccc(Br)c(N)c1. The van der Waals surface area contributed by atoms with Gasteiger partial charge < -0.3 is 5.73 Å². The van der Waals surface area contributed by atoms with E-state index in [1.165, 1.54) is 12.1 Å². The maximum absolute atomic E-state index is 12.0. The van der Waals surface area contributed by atoms with Crippen molar-refractivity contribution in [3.8, 4) is 0 Å². The van der Waals surface area contributed by atoms with Crippen LogP contribution in [0.15, 0.2) is 27.6 Å². The van der Waals surface area contributed by atoms with Crippen molar-refractivity contribution in [2.24, 2.45) is 5.41 Å². The minimum Gasteiger partial charge on any atom is -0.398 e. The molecule has 6 heteroatoms. The molecule has 0 aromatic heterocycles. The van der Waals surface area contributed by atoms with Gasteiger partial charge in [0, 0.05) is 16.7 Å². The van der Waals surface area contributed by atoms with Gasteiger partial charge in [0.2, 0.25) is 10.0 Å². The number of hydrogen-bond donors (Lipinski definition) is 2. The summed E-state index contributed by atoms with van der Waals surface area (Å²) in [6.07, 6.45) is 0. The van der Waals surface area contributed by atoms with E-state index in [1.807, 2.05) is 20.8 Å². The first-order valence-electron chi connectivity index (χ1n) is 5.16. The highest BCUT2D eigenvalue weighted by atomic mass is 79.9. The van der Waals surface area contributed by atoms with Crippen molar-refractivity contribution in [3.05, 3.63) is 22.7 Å².